The van der Waals surface area contributed by atoms with Crippen LogP contribution in [0.4, 0.5) is 0 Å². The van der Waals surface area contributed by atoms with Gasteiger partial charge in [-0.25, -0.2) is 0 Å². The lowest BCUT2D eigenvalue weighted by molar-refractivity contribution is 0.281. The van der Waals surface area contributed by atoms with Crippen molar-refractivity contribution < 1.29 is 0 Å². The largest absolute Gasteiger partial charge is 0.314 e. The lowest BCUT2D eigenvalue weighted by Gasteiger charge is -2.25. The van der Waals surface area contributed by atoms with Crippen molar-refractivity contribution >= 4 is 30.1 Å². The van der Waals surface area contributed by atoms with Crippen LogP contribution in [0.15, 0.2) is 0 Å². The van der Waals surface area contributed by atoms with Crippen LogP contribution >= 0.6 is 30.1 Å². The zero-order chi connectivity index (χ0) is 6.53. The van der Waals surface area contributed by atoms with Crippen LogP contribution in [0.3, 0.4) is 0 Å². The first-order valence-electron chi connectivity index (χ1n) is 3.10. The topological polar surface area (TPSA) is 15.3 Å². The Morgan fingerprint density at radius 3 is 2.67 bits per heavy atom. The van der Waals surface area contributed by atoms with Gasteiger partial charge < -0.3 is 5.32 Å². The number of rotatable bonds is 2. The molecule has 0 radical (unpaired) electrons. The van der Waals surface area contributed by atoms with Gasteiger partial charge in [-0.1, -0.05) is 8.93 Å². The van der Waals surface area contributed by atoms with E-state index in [-0.39, 0.29) is 0 Å². The summed E-state index contributed by atoms with van der Waals surface area (Å²) in [7, 11) is 1.88. The van der Waals surface area contributed by atoms with Crippen LogP contribution in [0.5, 0.6) is 0 Å². The van der Waals surface area contributed by atoms with Crippen molar-refractivity contribution in [3.63, 3.8) is 0 Å². The average Bonchev–Trinajstić information content (AvgIpc) is 1.91. The van der Waals surface area contributed by atoms with Crippen molar-refractivity contribution in [3.8, 4) is 0 Å². The highest BCUT2D eigenvalue weighted by atomic mass is 127. The Hall–Kier alpha value is 1.00. The number of hydrogen-bond acceptors (Lipinski definition) is 3. The summed E-state index contributed by atoms with van der Waals surface area (Å²) in [5.41, 5.74) is 0. The average molecular weight is 258 g/mol. The molecule has 9 heavy (non-hydrogen) atoms. The quantitative estimate of drug-likeness (QED) is 0.742. The zero-order valence-corrected chi connectivity index (χ0v) is 8.24. The molecule has 0 aliphatic carbocycles. The van der Waals surface area contributed by atoms with Gasteiger partial charge in [0.05, 0.1) is 5.88 Å². The SMILES string of the molecule is ISCN1CCNCC1. The number of nitrogens with zero attached hydrogens (tertiary/aromatic N) is 1. The van der Waals surface area contributed by atoms with Crippen molar-refractivity contribution in [1.29, 1.82) is 0 Å². The summed E-state index contributed by atoms with van der Waals surface area (Å²) in [6, 6.07) is 0. The standard InChI is InChI=1S/C5H11IN2S/c6-9-5-8-3-1-7-2-4-8/h7H,1-5H2. The molecule has 0 aromatic rings. The summed E-state index contributed by atoms with van der Waals surface area (Å²) in [6.07, 6.45) is 0. The van der Waals surface area contributed by atoms with Gasteiger partial charge in [0.2, 0.25) is 0 Å². The molecule has 0 spiro atoms. The summed E-state index contributed by atoms with van der Waals surface area (Å²) in [4.78, 5) is 2.47. The molecule has 4 heteroatoms. The van der Waals surface area contributed by atoms with Crippen molar-refractivity contribution in [2.75, 3.05) is 32.1 Å². The Morgan fingerprint density at radius 1 is 1.44 bits per heavy atom. The minimum absolute atomic E-state index is 1.16. The van der Waals surface area contributed by atoms with Gasteiger partial charge in [0.25, 0.3) is 0 Å². The van der Waals surface area contributed by atoms with E-state index in [4.69, 9.17) is 0 Å². The van der Waals surface area contributed by atoms with Crippen molar-refractivity contribution in [2.45, 2.75) is 0 Å². The summed E-state index contributed by atoms with van der Waals surface area (Å²) >= 11 is 2.34. The second-order valence-corrected chi connectivity index (χ2v) is 4.45. The van der Waals surface area contributed by atoms with Crippen LogP contribution in [0, 0.1) is 0 Å². The Bertz CT molecular complexity index is 72.6. The molecule has 0 atom stereocenters. The zero-order valence-electron chi connectivity index (χ0n) is 5.27. The van der Waals surface area contributed by atoms with E-state index in [0.29, 0.717) is 0 Å². The van der Waals surface area contributed by atoms with E-state index in [1.165, 1.54) is 19.0 Å². The summed E-state index contributed by atoms with van der Waals surface area (Å²) < 4.78 is 0. The Kier molecular flexibility index (Phi) is 4.28. The number of hydrogen-bond donors (Lipinski definition) is 1. The molecule has 1 rings (SSSR count). The first kappa shape index (κ1) is 8.10. The van der Waals surface area contributed by atoms with Gasteiger partial charge in [0, 0.05) is 26.2 Å². The molecule has 0 aromatic heterocycles. The molecule has 1 saturated heterocycles. The maximum absolute atomic E-state index is 3.32. The molecular formula is C5H11IN2S. The minimum atomic E-state index is 1.16. The Morgan fingerprint density at radius 2 is 2.11 bits per heavy atom. The molecule has 1 heterocycles. The highest BCUT2D eigenvalue weighted by molar-refractivity contribution is 14.2. The van der Waals surface area contributed by atoms with Gasteiger partial charge in [0.1, 0.15) is 0 Å². The van der Waals surface area contributed by atoms with Gasteiger partial charge in [-0.3, -0.25) is 4.90 Å². The third-order valence-corrected chi connectivity index (χ3v) is 2.74. The molecule has 54 valence electrons. The first-order chi connectivity index (χ1) is 4.43. The molecule has 1 aliphatic rings. The second kappa shape index (κ2) is 4.76. The van der Waals surface area contributed by atoms with E-state index in [0.717, 1.165) is 13.1 Å². The van der Waals surface area contributed by atoms with Crippen LogP contribution < -0.4 is 5.32 Å². The molecular weight excluding hydrogens is 247 g/mol. The lowest BCUT2D eigenvalue weighted by atomic mass is 10.4. The predicted molar refractivity (Wildman–Crippen MR) is 50.9 cm³/mol. The van der Waals surface area contributed by atoms with Gasteiger partial charge in [-0.2, -0.15) is 0 Å². The molecule has 0 bridgehead atoms. The van der Waals surface area contributed by atoms with Crippen molar-refractivity contribution in [3.05, 3.63) is 0 Å². The highest BCUT2D eigenvalue weighted by Crippen LogP contribution is 2.12. The monoisotopic (exact) mass is 258 g/mol. The van der Waals surface area contributed by atoms with Crippen molar-refractivity contribution in [1.82, 2.24) is 10.2 Å². The maximum Gasteiger partial charge on any atom is 0.0546 e. The lowest BCUT2D eigenvalue weighted by Crippen LogP contribution is -2.42. The van der Waals surface area contributed by atoms with E-state index < -0.39 is 0 Å². The number of piperazine rings is 1. The summed E-state index contributed by atoms with van der Waals surface area (Å²) in [5, 5.41) is 3.32. The molecule has 2 nitrogen and oxygen atoms in total. The summed E-state index contributed by atoms with van der Waals surface area (Å²) in [5.74, 6) is 1.18. The van der Waals surface area contributed by atoms with Gasteiger partial charge in [-0.15, -0.1) is 0 Å². The number of halogens is 1. The maximum atomic E-state index is 3.32. The van der Waals surface area contributed by atoms with E-state index in [1.807, 2.05) is 8.93 Å². The van der Waals surface area contributed by atoms with Crippen LogP contribution in [0.1, 0.15) is 0 Å². The Labute approximate surface area is 72.3 Å². The van der Waals surface area contributed by atoms with Gasteiger partial charge in [0.15, 0.2) is 0 Å². The van der Waals surface area contributed by atoms with E-state index >= 15 is 0 Å². The normalized spacial score (nSPS) is 22.3. The molecule has 1 aliphatic heterocycles. The van der Waals surface area contributed by atoms with Gasteiger partial charge >= 0.3 is 0 Å². The van der Waals surface area contributed by atoms with E-state index in [1.54, 1.807) is 0 Å². The molecule has 0 aromatic carbocycles. The van der Waals surface area contributed by atoms with Crippen LogP contribution in [0.2, 0.25) is 0 Å². The van der Waals surface area contributed by atoms with Crippen LogP contribution in [0.25, 0.3) is 0 Å². The fourth-order valence-corrected chi connectivity index (χ4v) is 2.49. The molecule has 0 amide bonds. The third-order valence-electron chi connectivity index (χ3n) is 1.44. The minimum Gasteiger partial charge on any atom is -0.314 e. The predicted octanol–water partition coefficient (Wildman–Crippen LogP) is 0.932. The second-order valence-electron chi connectivity index (χ2n) is 2.11. The molecule has 1 fully saturated rings. The molecule has 0 saturated carbocycles. The first-order valence-corrected chi connectivity index (χ1v) is 6.63. The highest BCUT2D eigenvalue weighted by Gasteiger charge is 2.07. The molecule has 1 N–H and O–H groups in total. The molecule has 0 unspecified atom stereocenters. The number of nitrogens with one attached hydrogen (secondary N) is 1. The van der Waals surface area contributed by atoms with E-state index in [9.17, 15) is 0 Å². The fraction of sp³-hybridized carbons (Fsp3) is 1.00. The van der Waals surface area contributed by atoms with Crippen molar-refractivity contribution in [2.24, 2.45) is 0 Å². The van der Waals surface area contributed by atoms with Crippen LogP contribution in [-0.2, 0) is 0 Å². The Balaban J connectivity index is 2.08. The third kappa shape index (κ3) is 3.06. The van der Waals surface area contributed by atoms with E-state index in [2.05, 4.69) is 31.4 Å². The fourth-order valence-electron chi connectivity index (χ4n) is 0.909. The smallest absolute Gasteiger partial charge is 0.0546 e. The van der Waals surface area contributed by atoms with Crippen LogP contribution in [-0.4, -0.2) is 37.0 Å². The summed E-state index contributed by atoms with van der Waals surface area (Å²) in [6.45, 7) is 4.76. The van der Waals surface area contributed by atoms with Gasteiger partial charge in [-0.05, 0) is 21.2 Å².